The lowest BCUT2D eigenvalue weighted by Crippen LogP contribution is -2.25. The van der Waals surface area contributed by atoms with Gasteiger partial charge in [-0.05, 0) is 24.5 Å². The molecule has 2 atom stereocenters. The Morgan fingerprint density at radius 3 is 2.65 bits per heavy atom. The summed E-state index contributed by atoms with van der Waals surface area (Å²) >= 11 is 1.97. The second kappa shape index (κ2) is 7.07. The first-order valence-corrected chi connectivity index (χ1v) is 7.45. The SMILES string of the molecule is CCC(N)C(SCCC(C)C)c1cnn(C)c1. The molecule has 0 aromatic carbocycles. The van der Waals surface area contributed by atoms with Gasteiger partial charge in [-0.1, -0.05) is 20.8 Å². The van der Waals surface area contributed by atoms with Crippen LogP contribution in [0.1, 0.15) is 44.4 Å². The van der Waals surface area contributed by atoms with Crippen LogP contribution in [0.2, 0.25) is 0 Å². The zero-order valence-electron chi connectivity index (χ0n) is 11.4. The van der Waals surface area contributed by atoms with Crippen LogP contribution in [0.5, 0.6) is 0 Å². The summed E-state index contributed by atoms with van der Waals surface area (Å²) in [5.41, 5.74) is 7.48. The van der Waals surface area contributed by atoms with Gasteiger partial charge >= 0.3 is 0 Å². The fraction of sp³-hybridized carbons (Fsp3) is 0.769. The third kappa shape index (κ3) is 4.72. The first kappa shape index (κ1) is 14.6. The Kier molecular flexibility index (Phi) is 6.06. The molecule has 0 fully saturated rings. The Labute approximate surface area is 109 Å². The average molecular weight is 255 g/mol. The van der Waals surface area contributed by atoms with Crippen LogP contribution in [0.3, 0.4) is 0 Å². The second-order valence-electron chi connectivity index (χ2n) is 4.99. The number of rotatable bonds is 7. The molecule has 0 amide bonds. The van der Waals surface area contributed by atoms with E-state index in [9.17, 15) is 0 Å². The summed E-state index contributed by atoms with van der Waals surface area (Å²) in [6.45, 7) is 6.68. The van der Waals surface area contributed by atoms with Crippen molar-refractivity contribution in [1.29, 1.82) is 0 Å². The largest absolute Gasteiger partial charge is 0.326 e. The maximum atomic E-state index is 6.22. The minimum absolute atomic E-state index is 0.219. The molecule has 17 heavy (non-hydrogen) atoms. The zero-order valence-corrected chi connectivity index (χ0v) is 12.2. The summed E-state index contributed by atoms with van der Waals surface area (Å²) in [5, 5.41) is 4.63. The fourth-order valence-electron chi connectivity index (χ4n) is 1.70. The first-order valence-electron chi connectivity index (χ1n) is 6.40. The number of hydrogen-bond acceptors (Lipinski definition) is 3. The number of aryl methyl sites for hydroxylation is 1. The first-order chi connectivity index (χ1) is 8.04. The van der Waals surface area contributed by atoms with Crippen molar-refractivity contribution in [3.63, 3.8) is 0 Å². The molecule has 1 aromatic rings. The van der Waals surface area contributed by atoms with Crippen LogP contribution >= 0.6 is 11.8 Å². The lowest BCUT2D eigenvalue weighted by atomic mass is 10.1. The lowest BCUT2D eigenvalue weighted by molar-refractivity contribution is 0.617. The molecule has 0 aliphatic carbocycles. The van der Waals surface area contributed by atoms with Gasteiger partial charge in [0.05, 0.1) is 6.20 Å². The molecule has 0 saturated carbocycles. The molecule has 2 N–H and O–H groups in total. The van der Waals surface area contributed by atoms with Crippen LogP contribution in [0.4, 0.5) is 0 Å². The Balaban J connectivity index is 2.61. The van der Waals surface area contributed by atoms with Crippen LogP contribution in [0.15, 0.2) is 12.4 Å². The van der Waals surface area contributed by atoms with Gasteiger partial charge in [0.15, 0.2) is 0 Å². The second-order valence-corrected chi connectivity index (χ2v) is 6.24. The third-order valence-corrected chi connectivity index (χ3v) is 4.36. The van der Waals surface area contributed by atoms with E-state index in [2.05, 4.69) is 32.1 Å². The average Bonchev–Trinajstić information content (AvgIpc) is 2.69. The highest BCUT2D eigenvalue weighted by molar-refractivity contribution is 7.99. The third-order valence-electron chi connectivity index (χ3n) is 2.91. The van der Waals surface area contributed by atoms with Gasteiger partial charge in [-0.15, -0.1) is 0 Å². The standard InChI is InChI=1S/C13H25N3S/c1-5-12(14)13(17-7-6-10(2)3)11-8-15-16(4)9-11/h8-10,12-13H,5-7,14H2,1-4H3. The van der Waals surface area contributed by atoms with Crippen molar-refractivity contribution < 1.29 is 0 Å². The summed E-state index contributed by atoms with van der Waals surface area (Å²) in [5.74, 6) is 1.93. The van der Waals surface area contributed by atoms with Crippen molar-refractivity contribution in [2.75, 3.05) is 5.75 Å². The van der Waals surface area contributed by atoms with Crippen molar-refractivity contribution in [2.45, 2.75) is 44.9 Å². The Morgan fingerprint density at radius 1 is 1.47 bits per heavy atom. The highest BCUT2D eigenvalue weighted by Crippen LogP contribution is 2.33. The predicted molar refractivity (Wildman–Crippen MR) is 76.1 cm³/mol. The summed E-state index contributed by atoms with van der Waals surface area (Å²) in [6, 6.07) is 0.219. The smallest absolute Gasteiger partial charge is 0.0533 e. The fourth-order valence-corrected chi connectivity index (χ4v) is 3.31. The molecule has 1 rings (SSSR count). The van der Waals surface area contributed by atoms with Gasteiger partial charge in [0, 0.05) is 30.1 Å². The summed E-state index contributed by atoms with van der Waals surface area (Å²) in [7, 11) is 1.96. The highest BCUT2D eigenvalue weighted by Gasteiger charge is 2.20. The molecule has 0 bridgehead atoms. The van der Waals surface area contributed by atoms with Crippen molar-refractivity contribution in [2.24, 2.45) is 18.7 Å². The molecule has 2 unspecified atom stereocenters. The summed E-state index contributed by atoms with van der Waals surface area (Å²) < 4.78 is 1.85. The van der Waals surface area contributed by atoms with Crippen LogP contribution in [-0.4, -0.2) is 21.6 Å². The van der Waals surface area contributed by atoms with Gasteiger partial charge in [-0.2, -0.15) is 16.9 Å². The Hall–Kier alpha value is -0.480. The highest BCUT2D eigenvalue weighted by atomic mass is 32.2. The molecule has 0 radical (unpaired) electrons. The molecular weight excluding hydrogens is 230 g/mol. The molecule has 98 valence electrons. The van der Waals surface area contributed by atoms with Crippen LogP contribution in [0.25, 0.3) is 0 Å². The van der Waals surface area contributed by atoms with Gasteiger partial charge < -0.3 is 5.73 Å². The van der Waals surface area contributed by atoms with E-state index in [1.54, 1.807) is 0 Å². The summed E-state index contributed by atoms with van der Waals surface area (Å²) in [4.78, 5) is 0. The number of thioether (sulfide) groups is 1. The van der Waals surface area contributed by atoms with Gasteiger partial charge in [0.2, 0.25) is 0 Å². The molecule has 0 spiro atoms. The minimum Gasteiger partial charge on any atom is -0.326 e. The zero-order chi connectivity index (χ0) is 12.8. The Bertz CT molecular complexity index is 322. The number of nitrogens with zero attached hydrogens (tertiary/aromatic N) is 2. The predicted octanol–water partition coefficient (Wildman–Crippen LogP) is 2.98. The molecular formula is C13H25N3S. The molecule has 0 aliphatic heterocycles. The van der Waals surface area contributed by atoms with Crippen LogP contribution in [0, 0.1) is 5.92 Å². The normalized spacial score (nSPS) is 15.2. The van der Waals surface area contributed by atoms with Crippen LogP contribution in [-0.2, 0) is 7.05 Å². The molecule has 1 heterocycles. The van der Waals surface area contributed by atoms with Gasteiger partial charge in [0.1, 0.15) is 0 Å². The maximum absolute atomic E-state index is 6.22. The van der Waals surface area contributed by atoms with E-state index >= 15 is 0 Å². The minimum atomic E-state index is 0.219. The van der Waals surface area contributed by atoms with Crippen LogP contribution < -0.4 is 5.73 Å². The van der Waals surface area contributed by atoms with Crippen molar-refractivity contribution >= 4 is 11.8 Å². The summed E-state index contributed by atoms with van der Waals surface area (Å²) in [6.07, 6.45) is 6.29. The number of aromatic nitrogens is 2. The van der Waals surface area contributed by atoms with Gasteiger partial charge in [-0.3, -0.25) is 4.68 Å². The van der Waals surface area contributed by atoms with Gasteiger partial charge in [-0.25, -0.2) is 0 Å². The quantitative estimate of drug-likeness (QED) is 0.814. The molecule has 3 nitrogen and oxygen atoms in total. The van der Waals surface area contributed by atoms with Crippen molar-refractivity contribution in [1.82, 2.24) is 9.78 Å². The maximum Gasteiger partial charge on any atom is 0.0533 e. The molecule has 4 heteroatoms. The Morgan fingerprint density at radius 2 is 2.18 bits per heavy atom. The van der Waals surface area contributed by atoms with Gasteiger partial charge in [0.25, 0.3) is 0 Å². The number of hydrogen-bond donors (Lipinski definition) is 1. The van der Waals surface area contributed by atoms with Crippen molar-refractivity contribution in [3.05, 3.63) is 18.0 Å². The molecule has 0 saturated heterocycles. The topological polar surface area (TPSA) is 43.8 Å². The van der Waals surface area contributed by atoms with E-state index in [-0.39, 0.29) is 6.04 Å². The molecule has 0 aliphatic rings. The van der Waals surface area contributed by atoms with E-state index in [1.165, 1.54) is 17.7 Å². The van der Waals surface area contributed by atoms with E-state index in [4.69, 9.17) is 5.73 Å². The van der Waals surface area contributed by atoms with E-state index in [1.807, 2.05) is 29.7 Å². The monoisotopic (exact) mass is 255 g/mol. The van der Waals surface area contributed by atoms with E-state index < -0.39 is 0 Å². The number of nitrogens with two attached hydrogens (primary N) is 1. The van der Waals surface area contributed by atoms with Crippen molar-refractivity contribution in [3.8, 4) is 0 Å². The van der Waals surface area contributed by atoms with E-state index in [0.717, 1.165) is 12.3 Å². The lowest BCUT2D eigenvalue weighted by Gasteiger charge is -2.21. The van der Waals surface area contributed by atoms with E-state index in [0.29, 0.717) is 5.25 Å². The molecule has 1 aromatic heterocycles.